The van der Waals surface area contributed by atoms with Crippen molar-refractivity contribution in [2.45, 2.75) is 283 Å². The van der Waals surface area contributed by atoms with Gasteiger partial charge >= 0.3 is 5.97 Å². The maximum absolute atomic E-state index is 12.1. The van der Waals surface area contributed by atoms with E-state index in [4.69, 9.17) is 4.74 Å². The summed E-state index contributed by atoms with van der Waals surface area (Å²) in [5.41, 5.74) is 0. The summed E-state index contributed by atoms with van der Waals surface area (Å²) in [5.74, 6) is -0.408. The largest absolute Gasteiger partial charge is 0.464 e. The first-order valence-corrected chi connectivity index (χ1v) is 23.1. The molecule has 1 unspecified atom stereocenters. The Labute approximate surface area is 309 Å². The van der Waals surface area contributed by atoms with E-state index in [2.05, 4.69) is 13.8 Å². The van der Waals surface area contributed by atoms with Crippen molar-refractivity contribution >= 4 is 5.97 Å². The molecule has 0 aliphatic heterocycles. The van der Waals surface area contributed by atoms with Crippen molar-refractivity contribution in [3.8, 4) is 0 Å². The van der Waals surface area contributed by atoms with Crippen LogP contribution in [0.3, 0.4) is 0 Å². The molecule has 0 radical (unpaired) electrons. The molecule has 0 rings (SSSR count). The van der Waals surface area contributed by atoms with Gasteiger partial charge in [0, 0.05) is 0 Å². The van der Waals surface area contributed by atoms with Crippen molar-refractivity contribution in [1.82, 2.24) is 0 Å². The maximum Gasteiger partial charge on any atom is 0.334 e. The van der Waals surface area contributed by atoms with Crippen molar-refractivity contribution in [1.29, 1.82) is 0 Å². The summed E-state index contributed by atoms with van der Waals surface area (Å²) in [6, 6.07) is 0. The van der Waals surface area contributed by atoms with Gasteiger partial charge in [-0.1, -0.05) is 264 Å². The summed E-state index contributed by atoms with van der Waals surface area (Å²) in [7, 11) is 0. The average molecular weight is 693 g/mol. The Hall–Kier alpha value is -0.570. The molecule has 0 spiro atoms. The lowest BCUT2D eigenvalue weighted by Crippen LogP contribution is -2.23. The highest BCUT2D eigenvalue weighted by Gasteiger charge is 2.15. The highest BCUT2D eigenvalue weighted by molar-refractivity contribution is 5.74. The van der Waals surface area contributed by atoms with E-state index in [0.29, 0.717) is 13.0 Å². The molecular weight excluding hydrogens is 601 g/mol. The highest BCUT2D eigenvalue weighted by atomic mass is 16.5. The van der Waals surface area contributed by atoms with Gasteiger partial charge in [-0.3, -0.25) is 0 Å². The van der Waals surface area contributed by atoms with Crippen LogP contribution in [0.25, 0.3) is 0 Å². The van der Waals surface area contributed by atoms with Gasteiger partial charge in [0.15, 0.2) is 6.10 Å². The van der Waals surface area contributed by atoms with Crippen LogP contribution in [0.1, 0.15) is 277 Å². The van der Waals surface area contributed by atoms with Gasteiger partial charge in [0.2, 0.25) is 0 Å². The van der Waals surface area contributed by atoms with Crippen molar-refractivity contribution in [3.05, 3.63) is 0 Å². The summed E-state index contributed by atoms with van der Waals surface area (Å²) in [5, 5.41) is 10.1. The first-order chi connectivity index (χ1) is 24.2. The van der Waals surface area contributed by atoms with Gasteiger partial charge in [-0.05, 0) is 12.8 Å². The van der Waals surface area contributed by atoms with E-state index in [9.17, 15) is 9.90 Å². The van der Waals surface area contributed by atoms with Crippen LogP contribution in [0.15, 0.2) is 0 Å². The predicted octanol–water partition coefficient (Wildman–Crippen LogP) is 15.9. The smallest absolute Gasteiger partial charge is 0.334 e. The van der Waals surface area contributed by atoms with Crippen LogP contribution in [0.4, 0.5) is 0 Å². The van der Waals surface area contributed by atoms with Gasteiger partial charge in [0.05, 0.1) is 6.61 Å². The minimum Gasteiger partial charge on any atom is -0.464 e. The number of carbonyl (C=O) groups excluding carboxylic acids is 1. The van der Waals surface area contributed by atoms with Gasteiger partial charge in [-0.15, -0.1) is 0 Å². The quantitative estimate of drug-likeness (QED) is 0.0511. The lowest BCUT2D eigenvalue weighted by Gasteiger charge is -2.10. The summed E-state index contributed by atoms with van der Waals surface area (Å²) >= 11 is 0. The zero-order valence-corrected chi connectivity index (χ0v) is 34.0. The fourth-order valence-electron chi connectivity index (χ4n) is 7.34. The second kappa shape index (κ2) is 43.6. The second-order valence-corrected chi connectivity index (χ2v) is 15.9. The third-order valence-electron chi connectivity index (χ3n) is 10.8. The van der Waals surface area contributed by atoms with Gasteiger partial charge in [0.1, 0.15) is 0 Å². The predicted molar refractivity (Wildman–Crippen MR) is 218 cm³/mol. The number of hydrogen-bond acceptors (Lipinski definition) is 3. The highest BCUT2D eigenvalue weighted by Crippen LogP contribution is 2.17. The fourth-order valence-corrected chi connectivity index (χ4v) is 7.34. The molecule has 0 aromatic carbocycles. The van der Waals surface area contributed by atoms with Crippen LogP contribution in [0.2, 0.25) is 0 Å². The van der Waals surface area contributed by atoms with Gasteiger partial charge in [-0.25, -0.2) is 4.79 Å². The van der Waals surface area contributed by atoms with E-state index in [-0.39, 0.29) is 0 Å². The Morgan fingerprint density at radius 1 is 0.347 bits per heavy atom. The Kier molecular flexibility index (Phi) is 43.1. The first kappa shape index (κ1) is 48.4. The van der Waals surface area contributed by atoms with Crippen LogP contribution in [0.5, 0.6) is 0 Å². The van der Waals surface area contributed by atoms with Crippen LogP contribution in [0, 0.1) is 0 Å². The molecule has 49 heavy (non-hydrogen) atoms. The van der Waals surface area contributed by atoms with Gasteiger partial charge < -0.3 is 9.84 Å². The number of unbranched alkanes of at least 4 members (excludes halogenated alkanes) is 38. The van der Waals surface area contributed by atoms with E-state index >= 15 is 0 Å². The number of aliphatic hydroxyl groups is 1. The normalized spacial score (nSPS) is 12.1. The molecule has 0 fully saturated rings. The molecule has 0 aliphatic rings. The Morgan fingerprint density at radius 2 is 0.551 bits per heavy atom. The van der Waals surface area contributed by atoms with Crippen molar-refractivity contribution in [2.24, 2.45) is 0 Å². The molecule has 0 heterocycles. The second-order valence-electron chi connectivity index (χ2n) is 15.9. The number of esters is 1. The Balaban J connectivity index is 3.22. The summed E-state index contributed by atoms with van der Waals surface area (Å²) in [6.45, 7) is 5.05. The molecule has 0 amide bonds. The molecule has 1 N–H and O–H groups in total. The average Bonchev–Trinajstić information content (AvgIpc) is 3.11. The molecule has 0 aromatic heterocycles. The summed E-state index contributed by atoms with van der Waals surface area (Å²) in [6.07, 6.45) is 54.3. The number of hydrogen-bond donors (Lipinski definition) is 1. The number of rotatable bonds is 43. The Bertz CT molecular complexity index is 605. The van der Waals surface area contributed by atoms with Gasteiger partial charge in [0.25, 0.3) is 0 Å². The zero-order chi connectivity index (χ0) is 35.6. The molecule has 3 nitrogen and oxygen atoms in total. The van der Waals surface area contributed by atoms with Crippen LogP contribution < -0.4 is 0 Å². The molecule has 0 saturated heterocycles. The monoisotopic (exact) mass is 693 g/mol. The van der Waals surface area contributed by atoms with E-state index in [1.165, 1.54) is 231 Å². The molecule has 0 aromatic rings. The van der Waals surface area contributed by atoms with E-state index in [0.717, 1.165) is 25.7 Å². The minimum atomic E-state index is -0.929. The van der Waals surface area contributed by atoms with Crippen molar-refractivity contribution in [3.63, 3.8) is 0 Å². The molecule has 3 heteroatoms. The van der Waals surface area contributed by atoms with Crippen molar-refractivity contribution < 1.29 is 14.6 Å². The zero-order valence-electron chi connectivity index (χ0n) is 34.0. The molecule has 0 aliphatic carbocycles. The minimum absolute atomic E-state index is 0.408. The third-order valence-corrected chi connectivity index (χ3v) is 10.8. The number of carbonyl (C=O) groups is 1. The lowest BCUT2D eigenvalue weighted by molar-refractivity contribution is -0.154. The van der Waals surface area contributed by atoms with Gasteiger partial charge in [-0.2, -0.15) is 0 Å². The van der Waals surface area contributed by atoms with E-state index in [1.54, 1.807) is 0 Å². The maximum atomic E-state index is 12.1. The van der Waals surface area contributed by atoms with E-state index in [1.807, 2.05) is 0 Å². The topological polar surface area (TPSA) is 46.5 Å². The van der Waals surface area contributed by atoms with Crippen molar-refractivity contribution in [2.75, 3.05) is 6.61 Å². The third kappa shape index (κ3) is 41.7. The summed E-state index contributed by atoms with van der Waals surface area (Å²) < 4.78 is 5.34. The SMILES string of the molecule is CCCCCCCCCCCCCCCCCCCCCCCCCCCCOC(=O)C(O)CCCCCCCCCCCCCCCC. The van der Waals surface area contributed by atoms with Crippen LogP contribution in [-0.4, -0.2) is 23.8 Å². The number of ether oxygens (including phenoxy) is 1. The lowest BCUT2D eigenvalue weighted by atomic mass is 10.0. The summed E-state index contributed by atoms with van der Waals surface area (Å²) in [4.78, 5) is 12.1. The molecule has 0 bridgehead atoms. The molecule has 294 valence electrons. The fraction of sp³-hybridized carbons (Fsp3) is 0.978. The van der Waals surface area contributed by atoms with Crippen LogP contribution >= 0.6 is 0 Å². The molecular formula is C46H92O3. The first-order valence-electron chi connectivity index (χ1n) is 23.1. The van der Waals surface area contributed by atoms with Crippen LogP contribution in [-0.2, 0) is 9.53 Å². The Morgan fingerprint density at radius 3 is 0.796 bits per heavy atom. The molecule has 0 saturated carbocycles. The number of aliphatic hydroxyl groups excluding tert-OH is 1. The molecule has 1 atom stereocenters. The standard InChI is InChI=1S/C46H92O3/c1-3-5-7-9-11-13-15-17-19-20-21-22-23-24-25-26-27-28-29-30-32-34-36-38-40-42-44-49-46(48)45(47)43-41-39-37-35-33-31-18-16-14-12-10-8-6-4-2/h45,47H,3-44H2,1-2H3. The van der Waals surface area contributed by atoms with E-state index < -0.39 is 12.1 Å².